The number of hydrogen-bond donors (Lipinski definition) is 3. The number of urea groups is 1. The zero-order valence-corrected chi connectivity index (χ0v) is 23.8. The van der Waals surface area contributed by atoms with Crippen molar-refractivity contribution in [3.63, 3.8) is 0 Å². The van der Waals surface area contributed by atoms with Gasteiger partial charge in [0.25, 0.3) is 5.91 Å². The number of carbonyl (C=O) groups excluding carboxylic acids is 2. The number of rotatable bonds is 8. The Labute approximate surface area is 231 Å². The van der Waals surface area contributed by atoms with Crippen LogP contribution in [-0.2, 0) is 16.7 Å². The van der Waals surface area contributed by atoms with Crippen molar-refractivity contribution in [1.82, 2.24) is 30.4 Å². The summed E-state index contributed by atoms with van der Waals surface area (Å²) in [4.78, 5) is 40.0. The van der Waals surface area contributed by atoms with E-state index in [-0.39, 0.29) is 35.4 Å². The van der Waals surface area contributed by atoms with Gasteiger partial charge >= 0.3 is 6.03 Å². The molecule has 11 nitrogen and oxygen atoms in total. The number of morpholine rings is 1. The molecule has 0 aromatic carbocycles. The molecule has 2 saturated heterocycles. The van der Waals surface area contributed by atoms with Crippen molar-refractivity contribution in [1.29, 1.82) is 0 Å². The summed E-state index contributed by atoms with van der Waals surface area (Å²) in [6.07, 6.45) is 3.93. The smallest absolute Gasteiger partial charge is 0.317 e. The molecular formula is C28H43N7O4. The van der Waals surface area contributed by atoms with Gasteiger partial charge in [0.05, 0.1) is 26.0 Å². The van der Waals surface area contributed by atoms with Gasteiger partial charge in [-0.15, -0.1) is 0 Å². The molecular weight excluding hydrogens is 498 g/mol. The number of amides is 3. The highest BCUT2D eigenvalue weighted by molar-refractivity contribution is 5.98. The van der Waals surface area contributed by atoms with Gasteiger partial charge < -0.3 is 34.9 Å². The van der Waals surface area contributed by atoms with Gasteiger partial charge in [0.2, 0.25) is 0 Å². The minimum absolute atomic E-state index is 0.0805. The van der Waals surface area contributed by atoms with E-state index in [1.807, 2.05) is 37.8 Å². The van der Waals surface area contributed by atoms with Gasteiger partial charge in [-0.25, -0.2) is 14.8 Å². The van der Waals surface area contributed by atoms with Gasteiger partial charge in [-0.1, -0.05) is 34.6 Å². The number of anilines is 1. The third kappa shape index (κ3) is 7.69. The number of piperidine rings is 1. The molecule has 2 fully saturated rings. The summed E-state index contributed by atoms with van der Waals surface area (Å²) in [5.74, 6) is 2.02. The van der Waals surface area contributed by atoms with Gasteiger partial charge in [0, 0.05) is 56.4 Å². The highest BCUT2D eigenvalue weighted by Gasteiger charge is 2.34. The van der Waals surface area contributed by atoms with Gasteiger partial charge in [0.15, 0.2) is 0 Å². The molecule has 0 spiro atoms. The van der Waals surface area contributed by atoms with Crippen molar-refractivity contribution in [2.24, 2.45) is 5.92 Å². The molecule has 4 heterocycles. The lowest BCUT2D eigenvalue weighted by atomic mass is 9.95. The normalized spacial score (nSPS) is 20.1. The topological polar surface area (TPSA) is 125 Å². The van der Waals surface area contributed by atoms with E-state index < -0.39 is 0 Å². The zero-order valence-electron chi connectivity index (χ0n) is 23.8. The molecule has 2 aliphatic heterocycles. The van der Waals surface area contributed by atoms with Crippen LogP contribution >= 0.6 is 0 Å². The quantitative estimate of drug-likeness (QED) is 0.466. The van der Waals surface area contributed by atoms with Gasteiger partial charge in [0.1, 0.15) is 23.0 Å². The second kappa shape index (κ2) is 12.8. The van der Waals surface area contributed by atoms with Crippen LogP contribution in [0.15, 0.2) is 29.0 Å². The maximum Gasteiger partial charge on any atom is 0.317 e. The maximum absolute atomic E-state index is 14.1. The molecule has 0 saturated carbocycles. The Bertz CT molecular complexity index is 1090. The Morgan fingerprint density at radius 2 is 2.00 bits per heavy atom. The third-order valence-corrected chi connectivity index (χ3v) is 6.92. The second-order valence-electron chi connectivity index (χ2n) is 11.8. The van der Waals surface area contributed by atoms with Crippen LogP contribution in [0.25, 0.3) is 0 Å². The van der Waals surface area contributed by atoms with Crippen molar-refractivity contribution in [3.8, 4) is 0 Å². The monoisotopic (exact) mass is 541 g/mol. The van der Waals surface area contributed by atoms with Crippen molar-refractivity contribution in [2.75, 3.05) is 51.3 Å². The van der Waals surface area contributed by atoms with Gasteiger partial charge in [-0.05, 0) is 24.5 Å². The first-order valence-electron chi connectivity index (χ1n) is 13.9. The van der Waals surface area contributed by atoms with Crippen LogP contribution in [0.4, 0.5) is 10.6 Å². The fraction of sp³-hybridized carbons (Fsp3) is 0.643. The molecule has 2 aliphatic rings. The predicted molar refractivity (Wildman–Crippen MR) is 149 cm³/mol. The lowest BCUT2D eigenvalue weighted by Crippen LogP contribution is -2.59. The van der Waals surface area contributed by atoms with Crippen molar-refractivity contribution >= 4 is 17.8 Å². The fourth-order valence-corrected chi connectivity index (χ4v) is 4.86. The van der Waals surface area contributed by atoms with Crippen molar-refractivity contribution in [2.45, 2.75) is 65.1 Å². The molecule has 2 aromatic rings. The Morgan fingerprint density at radius 3 is 2.67 bits per heavy atom. The van der Waals surface area contributed by atoms with E-state index in [9.17, 15) is 9.59 Å². The molecule has 0 aliphatic carbocycles. The van der Waals surface area contributed by atoms with E-state index in [2.05, 4.69) is 34.8 Å². The van der Waals surface area contributed by atoms with Crippen LogP contribution in [0.5, 0.6) is 0 Å². The number of nitrogens with one attached hydrogen (secondary N) is 3. The summed E-state index contributed by atoms with van der Waals surface area (Å²) in [6.45, 7) is 14.9. The first kappa shape index (κ1) is 28.8. The first-order valence-corrected chi connectivity index (χ1v) is 13.9. The molecule has 2 atom stereocenters. The standard InChI is InChI=1S/C28H43N7O4/c1-19(2)18-35(21-13-20(14-29-15-21)32-27(37)34-8-11-38-12-9-34)25(36)23-17-31-26(28(3,4)5)33-24(23)30-16-22-7-6-10-39-22/h6-7,10,17,19-21,29H,8-9,11-16,18H2,1-5H3,(H,32,37)(H,30,31,33). The lowest BCUT2D eigenvalue weighted by molar-refractivity contribution is 0.0504. The molecule has 3 N–H and O–H groups in total. The number of nitrogens with zero attached hydrogens (tertiary/aromatic N) is 4. The minimum atomic E-state index is -0.278. The molecule has 39 heavy (non-hydrogen) atoms. The van der Waals surface area contributed by atoms with Crippen LogP contribution < -0.4 is 16.0 Å². The zero-order chi connectivity index (χ0) is 28.0. The van der Waals surface area contributed by atoms with Crippen LogP contribution in [0, 0.1) is 5.92 Å². The summed E-state index contributed by atoms with van der Waals surface area (Å²) in [5.41, 5.74) is 0.147. The average molecular weight is 542 g/mol. The van der Waals surface area contributed by atoms with Crippen molar-refractivity contribution in [3.05, 3.63) is 41.7 Å². The summed E-state index contributed by atoms with van der Waals surface area (Å²) < 4.78 is 10.8. The van der Waals surface area contributed by atoms with E-state index >= 15 is 0 Å². The molecule has 3 amide bonds. The van der Waals surface area contributed by atoms with Crippen molar-refractivity contribution < 1.29 is 18.7 Å². The Balaban J connectivity index is 1.54. The summed E-state index contributed by atoms with van der Waals surface area (Å²) in [6, 6.07) is 3.45. The largest absolute Gasteiger partial charge is 0.467 e. The Kier molecular flexibility index (Phi) is 9.45. The maximum atomic E-state index is 14.1. The first-order chi connectivity index (χ1) is 18.6. The highest BCUT2D eigenvalue weighted by atomic mass is 16.5. The van der Waals surface area contributed by atoms with Crippen LogP contribution in [0.3, 0.4) is 0 Å². The summed E-state index contributed by atoms with van der Waals surface area (Å²) in [5, 5.41) is 9.90. The number of furan rings is 1. The SMILES string of the molecule is CC(C)CN(C(=O)c1cnc(C(C)(C)C)nc1NCc1ccco1)C1CNCC(NC(=O)N2CCOCC2)C1. The van der Waals surface area contributed by atoms with E-state index in [1.165, 1.54) is 0 Å². The fourth-order valence-electron chi connectivity index (χ4n) is 4.86. The van der Waals surface area contributed by atoms with E-state index in [0.717, 1.165) is 5.76 Å². The molecule has 0 radical (unpaired) electrons. The van der Waals surface area contributed by atoms with Crippen LogP contribution in [0.1, 0.15) is 63.0 Å². The lowest BCUT2D eigenvalue weighted by Gasteiger charge is -2.40. The number of hydrogen-bond acceptors (Lipinski definition) is 8. The van der Waals surface area contributed by atoms with Crippen LogP contribution in [-0.4, -0.2) is 89.7 Å². The predicted octanol–water partition coefficient (Wildman–Crippen LogP) is 2.85. The number of ether oxygens (including phenoxy) is 1. The number of carbonyl (C=O) groups is 2. The number of aromatic nitrogens is 2. The molecule has 11 heteroatoms. The van der Waals surface area contributed by atoms with Gasteiger partial charge in [-0.3, -0.25) is 4.79 Å². The minimum Gasteiger partial charge on any atom is -0.467 e. The molecule has 2 unspecified atom stereocenters. The summed E-state index contributed by atoms with van der Waals surface area (Å²) >= 11 is 0. The summed E-state index contributed by atoms with van der Waals surface area (Å²) in [7, 11) is 0. The van der Waals surface area contributed by atoms with E-state index in [0.29, 0.717) is 76.1 Å². The third-order valence-electron chi connectivity index (χ3n) is 6.92. The van der Waals surface area contributed by atoms with E-state index in [4.69, 9.17) is 14.1 Å². The molecule has 214 valence electrons. The van der Waals surface area contributed by atoms with Gasteiger partial charge in [-0.2, -0.15) is 0 Å². The average Bonchev–Trinajstić information content (AvgIpc) is 3.44. The van der Waals surface area contributed by atoms with E-state index in [1.54, 1.807) is 17.4 Å². The van der Waals surface area contributed by atoms with Crippen LogP contribution in [0.2, 0.25) is 0 Å². The Morgan fingerprint density at radius 1 is 1.23 bits per heavy atom. The molecule has 4 rings (SSSR count). The molecule has 2 aromatic heterocycles. The Hall–Kier alpha value is -3.18. The molecule has 0 bridgehead atoms. The second-order valence-corrected chi connectivity index (χ2v) is 11.8. The highest BCUT2D eigenvalue weighted by Crippen LogP contribution is 2.25.